The van der Waals surface area contributed by atoms with Gasteiger partial charge in [0, 0.05) is 12.5 Å². The van der Waals surface area contributed by atoms with Gasteiger partial charge in [-0.3, -0.25) is 4.79 Å². The van der Waals surface area contributed by atoms with E-state index in [1.807, 2.05) is 0 Å². The van der Waals surface area contributed by atoms with Crippen LogP contribution in [0.3, 0.4) is 0 Å². The molecule has 2 aliphatic rings. The summed E-state index contributed by atoms with van der Waals surface area (Å²) in [4.78, 5) is 11.2. The van der Waals surface area contributed by atoms with E-state index < -0.39 is 34.2 Å². The van der Waals surface area contributed by atoms with Crippen molar-refractivity contribution in [2.45, 2.75) is 17.2 Å². The minimum Gasteiger partial charge on any atom is -0.486 e. The lowest BCUT2D eigenvalue weighted by Crippen LogP contribution is -2.33. The molecule has 0 aromatic heterocycles. The summed E-state index contributed by atoms with van der Waals surface area (Å²) in [5, 5.41) is 0. The molecule has 0 bridgehead atoms. The van der Waals surface area contributed by atoms with Crippen LogP contribution in [0.1, 0.15) is 6.42 Å². The summed E-state index contributed by atoms with van der Waals surface area (Å²) in [6, 6.07) is 3.79. The number of hydrogen-bond acceptors (Lipinski definition) is 5. The Hall–Kier alpha value is -1.90. The van der Waals surface area contributed by atoms with Crippen LogP contribution in [-0.2, 0) is 14.8 Å². The van der Waals surface area contributed by atoms with Gasteiger partial charge in [-0.05, 0) is 12.1 Å². The SMILES string of the molecule is O=C(NS(=O)(=O)c1ccc2c(c1)OCCO2)C1CC1(F)F. The van der Waals surface area contributed by atoms with Gasteiger partial charge < -0.3 is 9.47 Å². The van der Waals surface area contributed by atoms with Crippen LogP contribution in [0, 0.1) is 5.92 Å². The molecule has 1 aliphatic carbocycles. The Kier molecular flexibility index (Phi) is 3.05. The molecule has 1 heterocycles. The molecule has 1 unspecified atom stereocenters. The summed E-state index contributed by atoms with van der Waals surface area (Å²) >= 11 is 0. The smallest absolute Gasteiger partial charge is 0.264 e. The van der Waals surface area contributed by atoms with E-state index in [9.17, 15) is 22.0 Å². The fourth-order valence-electron chi connectivity index (χ4n) is 1.95. The second-order valence-electron chi connectivity index (χ2n) is 4.79. The first-order valence-corrected chi connectivity index (χ1v) is 7.62. The third kappa shape index (κ3) is 2.65. The number of carbonyl (C=O) groups is 1. The molecule has 1 atom stereocenters. The minimum absolute atomic E-state index is 0.230. The zero-order valence-electron chi connectivity index (χ0n) is 10.6. The Morgan fingerprint density at radius 2 is 1.86 bits per heavy atom. The molecule has 3 rings (SSSR count). The summed E-state index contributed by atoms with van der Waals surface area (Å²) in [7, 11) is -4.22. The Morgan fingerprint density at radius 1 is 1.24 bits per heavy atom. The fourth-order valence-corrected chi connectivity index (χ4v) is 2.99. The van der Waals surface area contributed by atoms with Gasteiger partial charge >= 0.3 is 0 Å². The Labute approximate surface area is 119 Å². The van der Waals surface area contributed by atoms with E-state index >= 15 is 0 Å². The molecule has 21 heavy (non-hydrogen) atoms. The van der Waals surface area contributed by atoms with E-state index in [1.54, 1.807) is 4.72 Å². The molecule has 114 valence electrons. The van der Waals surface area contributed by atoms with E-state index in [0.29, 0.717) is 12.4 Å². The molecule has 1 aromatic carbocycles. The quantitative estimate of drug-likeness (QED) is 0.896. The molecule has 1 aliphatic heterocycles. The predicted molar refractivity (Wildman–Crippen MR) is 65.8 cm³/mol. The number of sulfonamides is 1. The van der Waals surface area contributed by atoms with Crippen molar-refractivity contribution >= 4 is 15.9 Å². The number of benzene rings is 1. The van der Waals surface area contributed by atoms with Crippen molar-refractivity contribution in [3.05, 3.63) is 18.2 Å². The van der Waals surface area contributed by atoms with Gasteiger partial charge in [0.15, 0.2) is 11.5 Å². The van der Waals surface area contributed by atoms with Crippen LogP contribution in [-0.4, -0.2) is 33.5 Å². The van der Waals surface area contributed by atoms with Gasteiger partial charge in [-0.25, -0.2) is 21.9 Å². The van der Waals surface area contributed by atoms with Crippen molar-refractivity contribution in [3.8, 4) is 11.5 Å². The molecule has 1 amide bonds. The zero-order valence-corrected chi connectivity index (χ0v) is 11.5. The highest BCUT2D eigenvalue weighted by atomic mass is 32.2. The number of carbonyl (C=O) groups excluding carboxylic acids is 1. The highest BCUT2D eigenvalue weighted by Crippen LogP contribution is 2.48. The molecule has 1 N–H and O–H groups in total. The van der Waals surface area contributed by atoms with Crippen LogP contribution in [0.15, 0.2) is 23.1 Å². The highest BCUT2D eigenvalue weighted by molar-refractivity contribution is 7.90. The number of halogens is 2. The number of rotatable bonds is 3. The molecule has 0 saturated heterocycles. The summed E-state index contributed by atoms with van der Waals surface area (Å²) in [5.74, 6) is -5.28. The third-order valence-electron chi connectivity index (χ3n) is 3.20. The number of amides is 1. The molecule has 9 heteroatoms. The van der Waals surface area contributed by atoms with Gasteiger partial charge in [0.25, 0.3) is 15.9 Å². The van der Waals surface area contributed by atoms with Gasteiger partial charge in [0.1, 0.15) is 19.1 Å². The van der Waals surface area contributed by atoms with E-state index in [1.165, 1.54) is 18.2 Å². The van der Waals surface area contributed by atoms with Crippen molar-refractivity contribution in [2.24, 2.45) is 5.92 Å². The number of fused-ring (bicyclic) bond motifs is 1. The summed E-state index contributed by atoms with van der Waals surface area (Å²) in [6.45, 7) is 0.629. The van der Waals surface area contributed by atoms with Gasteiger partial charge in [-0.2, -0.15) is 0 Å². The molecule has 0 radical (unpaired) electrons. The van der Waals surface area contributed by atoms with Crippen LogP contribution in [0.25, 0.3) is 0 Å². The lowest BCUT2D eigenvalue weighted by atomic mass is 10.3. The average Bonchev–Trinajstić information content (AvgIpc) is 3.07. The van der Waals surface area contributed by atoms with Crippen molar-refractivity contribution in [2.75, 3.05) is 13.2 Å². The van der Waals surface area contributed by atoms with Crippen LogP contribution >= 0.6 is 0 Å². The predicted octanol–water partition coefficient (Wildman–Crippen LogP) is 0.918. The van der Waals surface area contributed by atoms with E-state index in [-0.39, 0.29) is 17.3 Å². The van der Waals surface area contributed by atoms with Gasteiger partial charge in [-0.1, -0.05) is 0 Å². The molecule has 1 aromatic rings. The average molecular weight is 319 g/mol. The molecular weight excluding hydrogens is 308 g/mol. The van der Waals surface area contributed by atoms with Crippen LogP contribution in [0.2, 0.25) is 0 Å². The van der Waals surface area contributed by atoms with Gasteiger partial charge in [0.2, 0.25) is 5.91 Å². The highest BCUT2D eigenvalue weighted by Gasteiger charge is 2.61. The second-order valence-corrected chi connectivity index (χ2v) is 6.48. The molecular formula is C12H11F2NO5S. The first-order valence-electron chi connectivity index (χ1n) is 6.14. The lowest BCUT2D eigenvalue weighted by molar-refractivity contribution is -0.122. The molecule has 0 spiro atoms. The first kappa shape index (κ1) is 14.1. The minimum atomic E-state index is -4.22. The summed E-state index contributed by atoms with van der Waals surface area (Å²) in [5.41, 5.74) is 0. The van der Waals surface area contributed by atoms with Crippen LogP contribution in [0.5, 0.6) is 11.5 Å². The lowest BCUT2D eigenvalue weighted by Gasteiger charge is -2.18. The van der Waals surface area contributed by atoms with Crippen LogP contribution < -0.4 is 14.2 Å². The Morgan fingerprint density at radius 3 is 2.48 bits per heavy atom. The zero-order chi connectivity index (χ0) is 15.3. The summed E-state index contributed by atoms with van der Waals surface area (Å²) < 4.78 is 61.6. The maximum absolute atomic E-state index is 12.8. The number of nitrogens with one attached hydrogen (secondary N) is 1. The van der Waals surface area contributed by atoms with E-state index in [4.69, 9.17) is 9.47 Å². The number of hydrogen-bond donors (Lipinski definition) is 1. The maximum Gasteiger partial charge on any atom is 0.264 e. The van der Waals surface area contributed by atoms with Gasteiger partial charge in [-0.15, -0.1) is 0 Å². The third-order valence-corrected chi connectivity index (χ3v) is 4.55. The fraction of sp³-hybridized carbons (Fsp3) is 0.417. The van der Waals surface area contributed by atoms with Crippen molar-refractivity contribution in [1.29, 1.82) is 0 Å². The molecule has 1 fully saturated rings. The van der Waals surface area contributed by atoms with Gasteiger partial charge in [0.05, 0.1) is 4.90 Å². The Balaban J connectivity index is 1.80. The molecule has 1 saturated carbocycles. The monoisotopic (exact) mass is 319 g/mol. The second kappa shape index (κ2) is 4.55. The molecule has 6 nitrogen and oxygen atoms in total. The number of alkyl halides is 2. The van der Waals surface area contributed by atoms with Crippen LogP contribution in [0.4, 0.5) is 8.78 Å². The standard InChI is InChI=1S/C12H11F2NO5S/c13-12(14)6-8(12)11(16)15-21(17,18)7-1-2-9-10(5-7)20-4-3-19-9/h1-2,5,8H,3-4,6H2,(H,15,16). The summed E-state index contributed by atoms with van der Waals surface area (Å²) in [6.07, 6.45) is -0.629. The van der Waals surface area contributed by atoms with Crippen molar-refractivity contribution in [3.63, 3.8) is 0 Å². The normalized spacial score (nSPS) is 22.5. The van der Waals surface area contributed by atoms with E-state index in [2.05, 4.69) is 0 Å². The number of ether oxygens (including phenoxy) is 2. The largest absolute Gasteiger partial charge is 0.486 e. The topological polar surface area (TPSA) is 81.7 Å². The maximum atomic E-state index is 12.8. The van der Waals surface area contributed by atoms with Crippen molar-refractivity contribution in [1.82, 2.24) is 4.72 Å². The van der Waals surface area contributed by atoms with Crippen molar-refractivity contribution < 1.29 is 31.5 Å². The first-order chi connectivity index (χ1) is 9.79. The van der Waals surface area contributed by atoms with E-state index in [0.717, 1.165) is 0 Å². The Bertz CT molecular complexity index is 704.